The minimum atomic E-state index is 0.243. The third kappa shape index (κ3) is 7.99. The SMILES string of the molecule is CC.CC.CC(C)CC(c1ccc(Cn2cc[n+](C)c2)cc1)C(C)(C)C(C)(C)C. The van der Waals surface area contributed by atoms with Crippen LogP contribution in [-0.2, 0) is 13.6 Å². The second kappa shape index (κ2) is 12.2. The van der Waals surface area contributed by atoms with Gasteiger partial charge < -0.3 is 0 Å². The van der Waals surface area contributed by atoms with E-state index in [0.29, 0.717) is 11.8 Å². The Bertz CT molecular complexity index is 669. The van der Waals surface area contributed by atoms with Crippen LogP contribution in [0, 0.1) is 16.7 Å². The number of imidazole rings is 1. The molecule has 2 heteroatoms. The molecule has 2 nitrogen and oxygen atoms in total. The van der Waals surface area contributed by atoms with Crippen LogP contribution in [0.3, 0.4) is 0 Å². The minimum absolute atomic E-state index is 0.243. The Morgan fingerprint density at radius 2 is 1.41 bits per heavy atom. The fraction of sp³-hybridized carbons (Fsp3) is 0.667. The largest absolute Gasteiger partial charge is 0.243 e. The van der Waals surface area contributed by atoms with Gasteiger partial charge in [0, 0.05) is 0 Å². The van der Waals surface area contributed by atoms with Crippen LogP contribution in [-0.4, -0.2) is 4.57 Å². The highest BCUT2D eigenvalue weighted by Gasteiger charge is 2.40. The molecule has 2 rings (SSSR count). The monoisotopic (exact) mass is 401 g/mol. The summed E-state index contributed by atoms with van der Waals surface area (Å²) < 4.78 is 4.30. The zero-order valence-corrected chi connectivity index (χ0v) is 21.5. The summed E-state index contributed by atoms with van der Waals surface area (Å²) in [5.74, 6) is 1.28. The standard InChI is InChI=1S/C23H37N2.2C2H6/c1-18(2)15-21(23(6,7)22(3,4)5)20-11-9-19(10-12-20)16-25-14-13-24(8)17-25;2*1-2/h9-14,17-18,21H,15-16H2,1-8H3;2*1-2H3/q+1;;. The second-order valence-electron chi connectivity index (χ2n) is 9.65. The van der Waals surface area contributed by atoms with Crippen molar-refractivity contribution < 1.29 is 4.57 Å². The molecule has 1 atom stereocenters. The summed E-state index contributed by atoms with van der Waals surface area (Å²) in [4.78, 5) is 0. The van der Waals surface area contributed by atoms with Crippen LogP contribution < -0.4 is 4.57 Å². The lowest BCUT2D eigenvalue weighted by molar-refractivity contribution is -0.671. The quantitative estimate of drug-likeness (QED) is 0.440. The molecule has 0 aliphatic carbocycles. The maximum absolute atomic E-state index is 2.44. The number of benzene rings is 1. The predicted octanol–water partition coefficient (Wildman–Crippen LogP) is 7.62. The van der Waals surface area contributed by atoms with E-state index in [1.165, 1.54) is 17.5 Å². The minimum Gasteiger partial charge on any atom is -0.240 e. The predicted molar refractivity (Wildman–Crippen MR) is 129 cm³/mol. The maximum atomic E-state index is 2.44. The maximum Gasteiger partial charge on any atom is 0.243 e. The first-order chi connectivity index (χ1) is 13.5. The lowest BCUT2D eigenvalue weighted by Gasteiger charge is -2.46. The summed E-state index contributed by atoms with van der Waals surface area (Å²) in [6.07, 6.45) is 7.56. The highest BCUT2D eigenvalue weighted by atomic mass is 15.1. The number of nitrogens with zero attached hydrogens (tertiary/aromatic N) is 2. The summed E-state index contributed by atoms with van der Waals surface area (Å²) in [7, 11) is 2.06. The lowest BCUT2D eigenvalue weighted by Crippen LogP contribution is -2.36. The molecule has 29 heavy (non-hydrogen) atoms. The molecule has 0 saturated carbocycles. The van der Waals surface area contributed by atoms with Gasteiger partial charge in [0.15, 0.2) is 0 Å². The molecule has 0 spiro atoms. The first-order valence-corrected chi connectivity index (χ1v) is 11.6. The molecule has 0 radical (unpaired) electrons. The smallest absolute Gasteiger partial charge is 0.240 e. The van der Waals surface area contributed by atoms with E-state index >= 15 is 0 Å². The van der Waals surface area contributed by atoms with Gasteiger partial charge in [0.2, 0.25) is 6.33 Å². The Morgan fingerprint density at radius 1 is 0.897 bits per heavy atom. The average Bonchev–Trinajstić information content (AvgIpc) is 3.07. The molecule has 1 aromatic carbocycles. The van der Waals surface area contributed by atoms with Crippen LogP contribution in [0.5, 0.6) is 0 Å². The number of hydrogen-bond acceptors (Lipinski definition) is 0. The zero-order valence-electron chi connectivity index (χ0n) is 21.5. The van der Waals surface area contributed by atoms with Crippen LogP contribution in [0.15, 0.2) is 43.0 Å². The Kier molecular flexibility index (Phi) is 11.5. The van der Waals surface area contributed by atoms with E-state index in [4.69, 9.17) is 0 Å². The van der Waals surface area contributed by atoms with E-state index in [-0.39, 0.29) is 10.8 Å². The van der Waals surface area contributed by atoms with Gasteiger partial charge in [-0.1, -0.05) is 100 Å². The lowest BCUT2D eigenvalue weighted by atomic mass is 9.59. The highest BCUT2D eigenvalue weighted by Crippen LogP contribution is 2.51. The third-order valence-corrected chi connectivity index (χ3v) is 6.08. The molecule has 1 aromatic heterocycles. The first-order valence-electron chi connectivity index (χ1n) is 11.6. The van der Waals surface area contributed by atoms with Crippen LogP contribution >= 0.6 is 0 Å². The van der Waals surface area contributed by atoms with Gasteiger partial charge in [-0.05, 0) is 40.2 Å². The summed E-state index contributed by atoms with van der Waals surface area (Å²) in [6.45, 7) is 25.6. The van der Waals surface area contributed by atoms with Gasteiger partial charge in [0.1, 0.15) is 18.9 Å². The third-order valence-electron chi connectivity index (χ3n) is 6.08. The highest BCUT2D eigenvalue weighted by molar-refractivity contribution is 5.27. The fourth-order valence-electron chi connectivity index (χ4n) is 3.50. The first kappa shape index (κ1) is 27.4. The molecule has 0 aliphatic heterocycles. The molecule has 1 unspecified atom stereocenters. The molecule has 0 fully saturated rings. The second-order valence-corrected chi connectivity index (χ2v) is 9.65. The average molecular weight is 402 g/mol. The summed E-state index contributed by atoms with van der Waals surface area (Å²) in [6, 6.07) is 9.33. The van der Waals surface area contributed by atoms with Crippen molar-refractivity contribution in [3.63, 3.8) is 0 Å². The normalized spacial score (nSPS) is 12.6. The van der Waals surface area contributed by atoms with Crippen LogP contribution in [0.4, 0.5) is 0 Å². The van der Waals surface area contributed by atoms with Gasteiger partial charge in [-0.3, -0.25) is 0 Å². The van der Waals surface area contributed by atoms with Gasteiger partial charge in [0.05, 0.1) is 7.05 Å². The molecule has 0 N–H and O–H groups in total. The van der Waals surface area contributed by atoms with E-state index < -0.39 is 0 Å². The van der Waals surface area contributed by atoms with Crippen molar-refractivity contribution in [2.24, 2.45) is 23.8 Å². The van der Waals surface area contributed by atoms with Gasteiger partial charge in [-0.25, -0.2) is 9.13 Å². The Labute approximate surface area is 182 Å². The Balaban J connectivity index is 0.00000184. The van der Waals surface area contributed by atoms with Crippen LogP contribution in [0.1, 0.15) is 99.6 Å². The van der Waals surface area contributed by atoms with Gasteiger partial charge in [0.25, 0.3) is 0 Å². The topological polar surface area (TPSA) is 8.81 Å². The molecule has 0 bridgehead atoms. The van der Waals surface area contributed by atoms with Crippen molar-refractivity contribution in [1.82, 2.24) is 4.57 Å². The Morgan fingerprint density at radius 3 is 1.79 bits per heavy atom. The number of rotatable bonds is 6. The van der Waals surface area contributed by atoms with Gasteiger partial charge in [-0.15, -0.1) is 0 Å². The molecule has 0 aliphatic rings. The molecule has 2 aromatic rings. The molecular formula is C27H49N2+. The van der Waals surface area contributed by atoms with Crippen molar-refractivity contribution in [3.8, 4) is 0 Å². The van der Waals surface area contributed by atoms with E-state index in [9.17, 15) is 0 Å². The number of aromatic nitrogens is 2. The molecule has 1 heterocycles. The van der Waals surface area contributed by atoms with Crippen molar-refractivity contribution in [2.75, 3.05) is 0 Å². The molecule has 0 amide bonds. The van der Waals surface area contributed by atoms with E-state index in [1.54, 1.807) is 0 Å². The van der Waals surface area contributed by atoms with Crippen molar-refractivity contribution in [1.29, 1.82) is 0 Å². The summed E-state index contributed by atoms with van der Waals surface area (Å²) in [5.41, 5.74) is 3.35. The fourth-order valence-corrected chi connectivity index (χ4v) is 3.50. The van der Waals surface area contributed by atoms with Gasteiger partial charge in [-0.2, -0.15) is 0 Å². The number of hydrogen-bond donors (Lipinski definition) is 0. The van der Waals surface area contributed by atoms with Crippen molar-refractivity contribution >= 4 is 0 Å². The molecular weight excluding hydrogens is 352 g/mol. The van der Waals surface area contributed by atoms with Crippen LogP contribution in [0.25, 0.3) is 0 Å². The van der Waals surface area contributed by atoms with Gasteiger partial charge >= 0.3 is 0 Å². The van der Waals surface area contributed by atoms with Crippen molar-refractivity contribution in [3.05, 3.63) is 54.1 Å². The summed E-state index contributed by atoms with van der Waals surface area (Å²) in [5, 5.41) is 0. The van der Waals surface area contributed by atoms with Crippen LogP contribution in [0.2, 0.25) is 0 Å². The summed E-state index contributed by atoms with van der Waals surface area (Å²) >= 11 is 0. The Hall–Kier alpha value is -1.57. The van der Waals surface area contributed by atoms with E-state index in [0.717, 1.165) is 6.54 Å². The van der Waals surface area contributed by atoms with E-state index in [2.05, 4.69) is 108 Å². The van der Waals surface area contributed by atoms with E-state index in [1.807, 2.05) is 27.7 Å². The zero-order chi connectivity index (χ0) is 22.8. The van der Waals surface area contributed by atoms with Crippen molar-refractivity contribution in [2.45, 2.75) is 95.0 Å². The molecule has 0 saturated heterocycles. The molecule has 166 valence electrons. The number of aryl methyl sites for hydroxylation is 1.